The average molecular weight is 217 g/mol. The third-order valence-electron chi connectivity index (χ3n) is 0.994. The molecule has 0 aliphatic rings. The van der Waals surface area contributed by atoms with Crippen LogP contribution in [0.1, 0.15) is 20.8 Å². The van der Waals surface area contributed by atoms with Gasteiger partial charge in [-0.3, -0.25) is 4.84 Å². The summed E-state index contributed by atoms with van der Waals surface area (Å²) in [4.78, 5) is 25.6. The van der Waals surface area contributed by atoms with E-state index < -0.39 is 17.7 Å². The normalized spacial score (nSPS) is 11.4. The molecule has 0 saturated carbocycles. The predicted molar refractivity (Wildman–Crippen MR) is 52.1 cm³/mol. The third kappa shape index (κ3) is 10.4. The van der Waals surface area contributed by atoms with E-state index in [2.05, 4.69) is 4.84 Å². The van der Waals surface area contributed by atoms with Gasteiger partial charge in [-0.15, -0.1) is 0 Å². The molecule has 0 aliphatic heterocycles. The molecule has 0 aromatic rings. The summed E-state index contributed by atoms with van der Waals surface area (Å²) in [5.74, 6) is -1.07. The number of amides is 1. The van der Waals surface area contributed by atoms with Crippen LogP contribution in [0.5, 0.6) is 0 Å². The Labute approximate surface area is 87.8 Å². The van der Waals surface area contributed by atoms with E-state index in [4.69, 9.17) is 9.84 Å². The van der Waals surface area contributed by atoms with Crippen molar-refractivity contribution in [3.05, 3.63) is 12.2 Å². The fourth-order valence-corrected chi connectivity index (χ4v) is 0.597. The molecule has 1 amide bonds. The van der Waals surface area contributed by atoms with Crippen LogP contribution in [0.15, 0.2) is 12.2 Å². The van der Waals surface area contributed by atoms with Gasteiger partial charge in [-0.05, 0) is 26.8 Å². The zero-order chi connectivity index (χ0) is 11.9. The summed E-state index contributed by atoms with van der Waals surface area (Å²) in [5, 5.41) is 8.22. The number of carboxylic acid groups (broad SMARTS) is 1. The molecule has 0 bridgehead atoms. The molecule has 2 N–H and O–H groups in total. The van der Waals surface area contributed by atoms with E-state index in [1.54, 1.807) is 20.8 Å². The number of hydrogen-bond acceptors (Lipinski definition) is 4. The topological polar surface area (TPSA) is 84.9 Å². The molecule has 0 aromatic carbocycles. The molecular weight excluding hydrogens is 202 g/mol. The molecule has 0 aromatic heterocycles. The first kappa shape index (κ1) is 13.4. The highest BCUT2D eigenvalue weighted by molar-refractivity contribution is 5.79. The van der Waals surface area contributed by atoms with Crippen LogP contribution in [0.3, 0.4) is 0 Å². The van der Waals surface area contributed by atoms with E-state index in [9.17, 15) is 9.59 Å². The summed E-state index contributed by atoms with van der Waals surface area (Å²) in [7, 11) is 0. The van der Waals surface area contributed by atoms with Crippen molar-refractivity contribution in [1.82, 2.24) is 5.48 Å². The number of aliphatic carboxylic acids is 1. The number of ether oxygens (including phenoxy) is 1. The lowest BCUT2D eigenvalue weighted by Gasteiger charge is -2.19. The van der Waals surface area contributed by atoms with Crippen LogP contribution < -0.4 is 5.48 Å². The van der Waals surface area contributed by atoms with Crippen molar-refractivity contribution in [2.24, 2.45) is 0 Å². The zero-order valence-corrected chi connectivity index (χ0v) is 8.94. The minimum Gasteiger partial charge on any atom is -0.478 e. The second kappa shape index (κ2) is 6.02. The molecule has 0 fully saturated rings. The van der Waals surface area contributed by atoms with E-state index >= 15 is 0 Å². The SMILES string of the molecule is CC(C)(C)OC(=O)NOC/C=C/C(=O)O. The Morgan fingerprint density at radius 3 is 2.47 bits per heavy atom. The Bertz CT molecular complexity index is 254. The van der Waals surface area contributed by atoms with Gasteiger partial charge in [-0.25, -0.2) is 9.59 Å². The van der Waals surface area contributed by atoms with Gasteiger partial charge in [-0.2, -0.15) is 5.48 Å². The maximum absolute atomic E-state index is 11.0. The first-order valence-corrected chi connectivity index (χ1v) is 4.31. The number of rotatable bonds is 4. The Hall–Kier alpha value is -1.56. The molecule has 6 heteroatoms. The van der Waals surface area contributed by atoms with Crippen LogP contribution >= 0.6 is 0 Å². The highest BCUT2D eigenvalue weighted by atomic mass is 16.7. The maximum atomic E-state index is 11.0. The Balaban J connectivity index is 3.61. The molecule has 0 saturated heterocycles. The average Bonchev–Trinajstić information content (AvgIpc) is 1.99. The molecular formula is C9H15NO5. The number of hydrogen-bond donors (Lipinski definition) is 2. The van der Waals surface area contributed by atoms with Crippen molar-refractivity contribution < 1.29 is 24.3 Å². The van der Waals surface area contributed by atoms with Crippen molar-refractivity contribution in [2.45, 2.75) is 26.4 Å². The van der Waals surface area contributed by atoms with Crippen molar-refractivity contribution in [1.29, 1.82) is 0 Å². The van der Waals surface area contributed by atoms with E-state index in [-0.39, 0.29) is 6.61 Å². The van der Waals surface area contributed by atoms with Crippen molar-refractivity contribution in [3.63, 3.8) is 0 Å². The second-order valence-electron chi connectivity index (χ2n) is 3.66. The minimum absolute atomic E-state index is 0.0362. The largest absolute Gasteiger partial charge is 0.478 e. The first-order chi connectivity index (χ1) is 6.81. The lowest BCUT2D eigenvalue weighted by atomic mass is 10.2. The quantitative estimate of drug-likeness (QED) is 0.418. The maximum Gasteiger partial charge on any atom is 0.431 e. The minimum atomic E-state index is -1.07. The number of carbonyl (C=O) groups excluding carboxylic acids is 1. The number of carbonyl (C=O) groups is 2. The highest BCUT2D eigenvalue weighted by Crippen LogP contribution is 2.06. The molecule has 6 nitrogen and oxygen atoms in total. The molecule has 0 aliphatic carbocycles. The number of hydroxylamine groups is 1. The summed E-state index contributed by atoms with van der Waals surface area (Å²) in [6.07, 6.45) is 1.45. The fraction of sp³-hybridized carbons (Fsp3) is 0.556. The van der Waals surface area contributed by atoms with Gasteiger partial charge in [-0.1, -0.05) is 0 Å². The summed E-state index contributed by atoms with van der Waals surface area (Å²) in [6, 6.07) is 0. The van der Waals surface area contributed by atoms with E-state index in [1.165, 1.54) is 6.08 Å². The van der Waals surface area contributed by atoms with Crippen LogP contribution in [0.4, 0.5) is 4.79 Å². The van der Waals surface area contributed by atoms with Crippen molar-refractivity contribution in [2.75, 3.05) is 6.61 Å². The highest BCUT2D eigenvalue weighted by Gasteiger charge is 2.15. The molecule has 15 heavy (non-hydrogen) atoms. The van der Waals surface area contributed by atoms with E-state index in [1.807, 2.05) is 5.48 Å². The van der Waals surface area contributed by atoms with Gasteiger partial charge in [0.1, 0.15) is 5.60 Å². The predicted octanol–water partition coefficient (Wildman–Crippen LogP) is 1.08. The summed E-state index contributed by atoms with van der Waals surface area (Å²) in [5.41, 5.74) is 1.41. The van der Waals surface area contributed by atoms with Gasteiger partial charge in [0, 0.05) is 6.08 Å². The van der Waals surface area contributed by atoms with Gasteiger partial charge < -0.3 is 9.84 Å². The summed E-state index contributed by atoms with van der Waals surface area (Å²) >= 11 is 0. The van der Waals surface area contributed by atoms with Crippen LogP contribution in [0.2, 0.25) is 0 Å². The van der Waals surface area contributed by atoms with Crippen LogP contribution in [0, 0.1) is 0 Å². The monoisotopic (exact) mass is 217 g/mol. The second-order valence-corrected chi connectivity index (χ2v) is 3.66. The van der Waals surface area contributed by atoms with E-state index in [0.717, 1.165) is 6.08 Å². The lowest BCUT2D eigenvalue weighted by molar-refractivity contribution is -0.131. The molecule has 0 unspecified atom stereocenters. The molecule has 0 radical (unpaired) electrons. The molecule has 0 atom stereocenters. The standard InChI is InChI=1S/C9H15NO5/c1-9(2,3)15-8(13)10-14-6-4-5-7(11)12/h4-5H,6H2,1-3H3,(H,10,13)(H,11,12)/b5-4+. The van der Waals surface area contributed by atoms with Gasteiger partial charge >= 0.3 is 12.1 Å². The fourth-order valence-electron chi connectivity index (χ4n) is 0.597. The van der Waals surface area contributed by atoms with Crippen molar-refractivity contribution in [3.8, 4) is 0 Å². The van der Waals surface area contributed by atoms with Crippen molar-refractivity contribution >= 4 is 12.1 Å². The van der Waals surface area contributed by atoms with Gasteiger partial charge in [0.15, 0.2) is 0 Å². The van der Waals surface area contributed by atoms with Crippen LogP contribution in [-0.2, 0) is 14.4 Å². The molecule has 0 heterocycles. The van der Waals surface area contributed by atoms with Gasteiger partial charge in [0.05, 0.1) is 6.61 Å². The van der Waals surface area contributed by atoms with E-state index in [0.29, 0.717) is 0 Å². The van der Waals surface area contributed by atoms with Crippen LogP contribution in [0.25, 0.3) is 0 Å². The molecule has 86 valence electrons. The molecule has 0 rings (SSSR count). The third-order valence-corrected chi connectivity index (χ3v) is 0.994. The number of nitrogens with one attached hydrogen (secondary N) is 1. The van der Waals surface area contributed by atoms with Crippen LogP contribution in [-0.4, -0.2) is 29.4 Å². The van der Waals surface area contributed by atoms with Gasteiger partial charge in [0.2, 0.25) is 0 Å². The molecule has 0 spiro atoms. The number of carboxylic acids is 1. The van der Waals surface area contributed by atoms with Gasteiger partial charge in [0.25, 0.3) is 0 Å². The first-order valence-electron chi connectivity index (χ1n) is 4.31. The summed E-state index contributed by atoms with van der Waals surface area (Å²) in [6.45, 7) is 5.12. The Morgan fingerprint density at radius 1 is 1.40 bits per heavy atom. The Kier molecular flexibility index (Phi) is 5.40. The lowest BCUT2D eigenvalue weighted by Crippen LogP contribution is -2.32. The summed E-state index contributed by atoms with van der Waals surface area (Å²) < 4.78 is 4.85. The smallest absolute Gasteiger partial charge is 0.431 e. The Morgan fingerprint density at radius 2 is 2.00 bits per heavy atom. The zero-order valence-electron chi connectivity index (χ0n) is 8.94.